The topological polar surface area (TPSA) is 87.0 Å². The molecular weight excluding hydrogens is 346 g/mol. The van der Waals surface area contributed by atoms with Gasteiger partial charge in [-0.15, -0.1) is 0 Å². The molecule has 2 aliphatic rings. The van der Waals surface area contributed by atoms with Crippen LogP contribution < -0.4 is 10.2 Å². The minimum absolute atomic E-state index is 0.150. The van der Waals surface area contributed by atoms with Gasteiger partial charge < -0.3 is 4.90 Å². The molecular formula is C19H23N5O3. The number of hydrogen-bond acceptors (Lipinski definition) is 4. The lowest BCUT2D eigenvalue weighted by Crippen LogP contribution is -2.49. The van der Waals surface area contributed by atoms with E-state index in [0.29, 0.717) is 18.2 Å². The molecule has 0 unspecified atom stereocenters. The number of nitrogens with zero attached hydrogens (tertiary/aromatic N) is 4. The Hall–Kier alpha value is -2.90. The molecule has 0 saturated carbocycles. The van der Waals surface area contributed by atoms with Gasteiger partial charge in [0, 0.05) is 39.2 Å². The van der Waals surface area contributed by atoms with Gasteiger partial charge in [0.15, 0.2) is 0 Å². The number of piperidine rings is 1. The molecule has 2 fully saturated rings. The third-order valence-corrected chi connectivity index (χ3v) is 5.49. The van der Waals surface area contributed by atoms with Crippen molar-refractivity contribution in [2.45, 2.75) is 32.6 Å². The molecule has 0 aromatic carbocycles. The van der Waals surface area contributed by atoms with Crippen LogP contribution in [0.1, 0.15) is 31.7 Å². The molecule has 4 amide bonds. The van der Waals surface area contributed by atoms with Crippen molar-refractivity contribution < 1.29 is 14.4 Å². The van der Waals surface area contributed by atoms with Crippen molar-refractivity contribution in [1.82, 2.24) is 19.8 Å². The maximum Gasteiger partial charge on any atom is 0.328 e. The fourth-order valence-corrected chi connectivity index (χ4v) is 3.93. The Labute approximate surface area is 157 Å². The number of amides is 4. The lowest BCUT2D eigenvalue weighted by atomic mass is 9.90. The quantitative estimate of drug-likeness (QED) is 0.890. The van der Waals surface area contributed by atoms with Crippen molar-refractivity contribution in [1.29, 1.82) is 0 Å². The maximum atomic E-state index is 12.2. The zero-order chi connectivity index (χ0) is 19.0. The Bertz CT molecular complexity index is 898. The smallest absolute Gasteiger partial charge is 0.328 e. The van der Waals surface area contributed by atoms with Crippen molar-refractivity contribution in [3.8, 4) is 0 Å². The Kier molecular flexibility index (Phi) is 4.55. The van der Waals surface area contributed by atoms with Gasteiger partial charge in [-0.05, 0) is 42.9 Å². The van der Waals surface area contributed by atoms with Gasteiger partial charge >= 0.3 is 6.03 Å². The molecule has 0 aliphatic carbocycles. The van der Waals surface area contributed by atoms with E-state index in [1.165, 1.54) is 5.56 Å². The zero-order valence-electron chi connectivity index (χ0n) is 15.4. The Balaban J connectivity index is 1.51. The summed E-state index contributed by atoms with van der Waals surface area (Å²) >= 11 is 0. The highest BCUT2D eigenvalue weighted by atomic mass is 16.2. The van der Waals surface area contributed by atoms with Crippen LogP contribution in [0.2, 0.25) is 0 Å². The summed E-state index contributed by atoms with van der Waals surface area (Å²) in [4.78, 5) is 38.5. The van der Waals surface area contributed by atoms with E-state index in [1.54, 1.807) is 22.5 Å². The van der Waals surface area contributed by atoms with Crippen molar-refractivity contribution in [3.05, 3.63) is 30.1 Å². The number of carbonyl (C=O) groups is 3. The minimum Gasteiger partial charge on any atom is -0.343 e. The van der Waals surface area contributed by atoms with Crippen LogP contribution in [0, 0.1) is 5.92 Å². The van der Waals surface area contributed by atoms with E-state index < -0.39 is 6.03 Å². The van der Waals surface area contributed by atoms with Crippen LogP contribution in [0.25, 0.3) is 5.52 Å². The van der Waals surface area contributed by atoms with Gasteiger partial charge in [-0.1, -0.05) is 0 Å². The summed E-state index contributed by atoms with van der Waals surface area (Å²) in [5, 5.41) is 6.69. The molecule has 142 valence electrons. The average molecular weight is 369 g/mol. The average Bonchev–Trinajstić information content (AvgIpc) is 3.05. The standard InChI is InChI=1S/C19H23N5O3/c1-13(25)22-6-2-14(3-7-22)10-15-4-9-24-16(11-15)17(12-20-24)23-8-5-18(26)21-19(23)27/h4,9,11-12,14H,2-3,5-8,10H2,1H3,(H,21,26,27). The molecule has 0 radical (unpaired) electrons. The first kappa shape index (κ1) is 17.5. The highest BCUT2D eigenvalue weighted by Gasteiger charge is 2.27. The molecule has 4 heterocycles. The van der Waals surface area contributed by atoms with Crippen LogP contribution in [0.15, 0.2) is 24.5 Å². The lowest BCUT2D eigenvalue weighted by Gasteiger charge is -2.31. The molecule has 8 nitrogen and oxygen atoms in total. The first-order valence-corrected chi connectivity index (χ1v) is 9.34. The highest BCUT2D eigenvalue weighted by Crippen LogP contribution is 2.27. The summed E-state index contributed by atoms with van der Waals surface area (Å²) < 4.78 is 1.75. The monoisotopic (exact) mass is 369 g/mol. The fraction of sp³-hybridized carbons (Fsp3) is 0.474. The first-order valence-electron chi connectivity index (χ1n) is 9.34. The normalized spacial score (nSPS) is 18.9. The first-order chi connectivity index (χ1) is 13.0. The molecule has 27 heavy (non-hydrogen) atoms. The van der Waals surface area contributed by atoms with E-state index in [2.05, 4.69) is 22.5 Å². The molecule has 0 bridgehead atoms. The predicted octanol–water partition coefficient (Wildman–Crippen LogP) is 1.58. The fourth-order valence-electron chi connectivity index (χ4n) is 3.93. The van der Waals surface area contributed by atoms with Crippen LogP contribution in [0.5, 0.6) is 0 Å². The number of pyridine rings is 1. The van der Waals surface area contributed by atoms with Crippen molar-refractivity contribution in [3.63, 3.8) is 0 Å². The third kappa shape index (κ3) is 3.51. The van der Waals surface area contributed by atoms with E-state index in [0.717, 1.165) is 37.9 Å². The Morgan fingerprint density at radius 2 is 2.04 bits per heavy atom. The van der Waals surface area contributed by atoms with E-state index in [1.807, 2.05) is 11.1 Å². The number of carbonyl (C=O) groups excluding carboxylic acids is 3. The molecule has 2 saturated heterocycles. The number of aromatic nitrogens is 2. The number of rotatable bonds is 3. The molecule has 2 aliphatic heterocycles. The Morgan fingerprint density at radius 1 is 1.26 bits per heavy atom. The highest BCUT2D eigenvalue weighted by molar-refractivity contribution is 6.07. The van der Waals surface area contributed by atoms with Crippen LogP contribution in [0.4, 0.5) is 10.5 Å². The van der Waals surface area contributed by atoms with Gasteiger partial charge in [0.05, 0.1) is 17.4 Å². The largest absolute Gasteiger partial charge is 0.343 e. The second kappa shape index (κ2) is 7.02. The molecule has 0 atom stereocenters. The number of likely N-dealkylation sites (tertiary alicyclic amines) is 1. The summed E-state index contributed by atoms with van der Waals surface area (Å²) in [5.41, 5.74) is 2.77. The molecule has 2 aromatic rings. The minimum atomic E-state index is -0.400. The van der Waals surface area contributed by atoms with Gasteiger partial charge in [-0.3, -0.25) is 19.8 Å². The van der Waals surface area contributed by atoms with Crippen LogP contribution in [0.3, 0.4) is 0 Å². The predicted molar refractivity (Wildman–Crippen MR) is 99.4 cm³/mol. The van der Waals surface area contributed by atoms with Crippen LogP contribution in [-0.2, 0) is 16.0 Å². The second-order valence-electron chi connectivity index (χ2n) is 7.30. The summed E-state index contributed by atoms with van der Waals surface area (Å²) in [6.07, 6.45) is 6.82. The van der Waals surface area contributed by atoms with Gasteiger partial charge in [0.1, 0.15) is 0 Å². The zero-order valence-corrected chi connectivity index (χ0v) is 15.4. The van der Waals surface area contributed by atoms with E-state index in [-0.39, 0.29) is 18.2 Å². The van der Waals surface area contributed by atoms with E-state index in [4.69, 9.17) is 0 Å². The second-order valence-corrected chi connectivity index (χ2v) is 7.30. The van der Waals surface area contributed by atoms with Gasteiger partial charge in [0.2, 0.25) is 11.8 Å². The van der Waals surface area contributed by atoms with E-state index in [9.17, 15) is 14.4 Å². The van der Waals surface area contributed by atoms with Crippen molar-refractivity contribution in [2.75, 3.05) is 24.5 Å². The number of hydrogen-bond donors (Lipinski definition) is 1. The van der Waals surface area contributed by atoms with Crippen LogP contribution in [-0.4, -0.2) is 52.0 Å². The third-order valence-electron chi connectivity index (χ3n) is 5.49. The molecule has 4 rings (SSSR count). The summed E-state index contributed by atoms with van der Waals surface area (Å²) in [6, 6.07) is 3.73. The number of imide groups is 1. The van der Waals surface area contributed by atoms with Gasteiger partial charge in [-0.25, -0.2) is 9.31 Å². The SMILES string of the molecule is CC(=O)N1CCC(Cc2ccn3ncc(N4CCC(=O)NC4=O)c3c2)CC1. The molecule has 0 spiro atoms. The van der Waals surface area contributed by atoms with Crippen molar-refractivity contribution >= 4 is 29.0 Å². The number of fused-ring (bicyclic) bond motifs is 1. The van der Waals surface area contributed by atoms with E-state index >= 15 is 0 Å². The van der Waals surface area contributed by atoms with Gasteiger partial charge in [0.25, 0.3) is 0 Å². The number of anilines is 1. The summed E-state index contributed by atoms with van der Waals surface area (Å²) in [7, 11) is 0. The number of nitrogens with one attached hydrogen (secondary N) is 1. The summed E-state index contributed by atoms with van der Waals surface area (Å²) in [6.45, 7) is 3.63. The number of urea groups is 1. The lowest BCUT2D eigenvalue weighted by molar-refractivity contribution is -0.130. The van der Waals surface area contributed by atoms with Crippen LogP contribution >= 0.6 is 0 Å². The molecule has 8 heteroatoms. The van der Waals surface area contributed by atoms with Crippen molar-refractivity contribution in [2.24, 2.45) is 5.92 Å². The van der Waals surface area contributed by atoms with Gasteiger partial charge in [-0.2, -0.15) is 5.10 Å². The Morgan fingerprint density at radius 3 is 2.74 bits per heavy atom. The molecule has 2 aromatic heterocycles. The maximum absolute atomic E-state index is 12.2. The summed E-state index contributed by atoms with van der Waals surface area (Å²) in [5.74, 6) is 0.452. The molecule has 1 N–H and O–H groups in total.